The smallest absolute Gasteiger partial charge is 0.0967 e. The molecule has 0 aliphatic heterocycles. The van der Waals surface area contributed by atoms with Crippen LogP contribution in [0, 0.1) is 0 Å². The molecule has 0 N–H and O–H groups in total. The molecule has 0 spiro atoms. The van der Waals surface area contributed by atoms with Crippen LogP contribution in [0.3, 0.4) is 0 Å². The summed E-state index contributed by atoms with van der Waals surface area (Å²) in [7, 11) is 0. The zero-order chi connectivity index (χ0) is 2.71. The zero-order valence-corrected chi connectivity index (χ0v) is 2.97. The molecule has 0 aromatic heterocycles. The summed E-state index contributed by atoms with van der Waals surface area (Å²) in [4.78, 5) is 0. The van der Waals surface area contributed by atoms with Gasteiger partial charge >= 0.3 is 0 Å². The molecule has 26 valence electrons. The number of halogens is 2. The fourth-order valence-corrected chi connectivity index (χ4v) is 0. The standard InChI is InChI=1S/CH2Cl2.BH3/c2-1-3;/h1H2;1H3. The fourth-order valence-electron chi connectivity index (χ4n) is 0. The topological polar surface area (TPSA) is 0 Å². The summed E-state index contributed by atoms with van der Waals surface area (Å²) in [6.07, 6.45) is 0. The average molecular weight is 98.8 g/mol. The van der Waals surface area contributed by atoms with Gasteiger partial charge in [-0.1, -0.05) is 0 Å². The molecule has 0 aromatic rings. The first-order chi connectivity index (χ1) is 1.41. The van der Waals surface area contributed by atoms with Crippen molar-refractivity contribution in [3.63, 3.8) is 0 Å². The van der Waals surface area contributed by atoms with Crippen molar-refractivity contribution in [1.82, 2.24) is 0 Å². The zero-order valence-electron chi connectivity index (χ0n) is 1.46. The van der Waals surface area contributed by atoms with Crippen molar-refractivity contribution in [1.29, 1.82) is 0 Å². The third kappa shape index (κ3) is 17.2. The second kappa shape index (κ2) is 9.42. The molecule has 4 heavy (non-hydrogen) atoms. The SMILES string of the molecule is B.ClCCl. The van der Waals surface area contributed by atoms with E-state index in [0.717, 1.165) is 0 Å². The molecule has 0 radical (unpaired) electrons. The molecule has 0 amide bonds. The number of hydrogen-bond acceptors (Lipinski definition) is 0. The van der Waals surface area contributed by atoms with Crippen LogP contribution in [0.1, 0.15) is 0 Å². The normalized spacial score (nSPS) is 4.50. The first-order valence-corrected chi connectivity index (χ1v) is 1.60. The van der Waals surface area contributed by atoms with Gasteiger partial charge in [-0.15, -0.1) is 23.2 Å². The van der Waals surface area contributed by atoms with E-state index in [9.17, 15) is 0 Å². The monoisotopic (exact) mass is 98.0 g/mol. The number of rotatable bonds is 0. The van der Waals surface area contributed by atoms with E-state index in [1.807, 2.05) is 0 Å². The average Bonchev–Trinajstić information content (AvgIpc) is 0.918. The molecule has 0 atom stereocenters. The minimum Gasteiger partial charge on any atom is -0.109 e. The Morgan fingerprint density at radius 3 is 1.25 bits per heavy atom. The Morgan fingerprint density at radius 1 is 1.25 bits per heavy atom. The quantitative estimate of drug-likeness (QED) is 0.301. The molecule has 3 heteroatoms. The van der Waals surface area contributed by atoms with Gasteiger partial charge in [-0.25, -0.2) is 0 Å². The van der Waals surface area contributed by atoms with Gasteiger partial charge in [0.25, 0.3) is 0 Å². The van der Waals surface area contributed by atoms with Crippen molar-refractivity contribution in [3.8, 4) is 0 Å². The molecule has 0 aliphatic rings. The van der Waals surface area contributed by atoms with Crippen LogP contribution in [0.5, 0.6) is 0 Å². The minimum absolute atomic E-state index is 0. The predicted octanol–water partition coefficient (Wildman–Crippen LogP) is 0.238. The third-order valence-electron chi connectivity index (χ3n) is 0. The van der Waals surface area contributed by atoms with E-state index < -0.39 is 0 Å². The van der Waals surface area contributed by atoms with Crippen LogP contribution in [0.2, 0.25) is 0 Å². The first kappa shape index (κ1) is 8.82. The Hall–Kier alpha value is 0.645. The summed E-state index contributed by atoms with van der Waals surface area (Å²) in [6, 6.07) is 0. The van der Waals surface area contributed by atoms with Gasteiger partial charge in [-0.3, -0.25) is 0 Å². The third-order valence-corrected chi connectivity index (χ3v) is 0. The van der Waals surface area contributed by atoms with Gasteiger partial charge in [0.1, 0.15) is 0 Å². The largest absolute Gasteiger partial charge is 0.109 e. The van der Waals surface area contributed by atoms with Crippen LogP contribution >= 0.6 is 23.2 Å². The lowest BCUT2D eigenvalue weighted by molar-refractivity contribution is 2.20. The highest BCUT2D eigenvalue weighted by Gasteiger charge is 1.41. The van der Waals surface area contributed by atoms with Crippen molar-refractivity contribution in [3.05, 3.63) is 0 Å². The highest BCUT2D eigenvalue weighted by atomic mass is 35.5. The molecule has 0 nitrogen and oxygen atoms in total. The lowest BCUT2D eigenvalue weighted by Gasteiger charge is -1.42. The van der Waals surface area contributed by atoms with E-state index in [0.29, 0.717) is 0 Å². The van der Waals surface area contributed by atoms with E-state index in [4.69, 9.17) is 23.2 Å². The van der Waals surface area contributed by atoms with E-state index >= 15 is 0 Å². The lowest BCUT2D eigenvalue weighted by atomic mass is 10.8. The van der Waals surface area contributed by atoms with Crippen molar-refractivity contribution in [2.45, 2.75) is 0 Å². The summed E-state index contributed by atoms with van der Waals surface area (Å²) in [6.45, 7) is 0. The van der Waals surface area contributed by atoms with Crippen molar-refractivity contribution in [2.24, 2.45) is 0 Å². The van der Waals surface area contributed by atoms with Crippen molar-refractivity contribution >= 4 is 31.6 Å². The molecule has 0 bridgehead atoms. The van der Waals surface area contributed by atoms with Gasteiger partial charge < -0.3 is 0 Å². The molecule has 0 unspecified atom stereocenters. The predicted molar refractivity (Wildman–Crippen MR) is 26.5 cm³/mol. The molecule has 0 fully saturated rings. The highest BCUT2D eigenvalue weighted by Crippen LogP contribution is 1.73. The molecule has 0 heterocycles. The Kier molecular flexibility index (Phi) is 20.8. The molecular weight excluding hydrogens is 93.7 g/mol. The van der Waals surface area contributed by atoms with E-state index in [1.54, 1.807) is 0 Å². The van der Waals surface area contributed by atoms with Crippen molar-refractivity contribution in [2.75, 3.05) is 5.34 Å². The molecule has 0 saturated heterocycles. The second-order valence-electron chi connectivity index (χ2n) is 0.101. The lowest BCUT2D eigenvalue weighted by Crippen LogP contribution is -1.24. The van der Waals surface area contributed by atoms with Gasteiger partial charge in [0.15, 0.2) is 0 Å². The molecule has 0 aliphatic carbocycles. The fraction of sp³-hybridized carbons (Fsp3) is 1.00. The maximum absolute atomic E-state index is 4.76. The molecule has 0 rings (SSSR count). The van der Waals surface area contributed by atoms with Crippen LogP contribution in [0.4, 0.5) is 0 Å². The van der Waals surface area contributed by atoms with E-state index in [-0.39, 0.29) is 13.8 Å². The van der Waals surface area contributed by atoms with Crippen LogP contribution in [0.15, 0.2) is 0 Å². The molecule has 0 saturated carbocycles. The summed E-state index contributed by atoms with van der Waals surface area (Å²) in [5.74, 6) is 0. The van der Waals surface area contributed by atoms with E-state index in [2.05, 4.69) is 0 Å². The number of hydrogen-bond donors (Lipinski definition) is 0. The van der Waals surface area contributed by atoms with Gasteiger partial charge in [-0.05, 0) is 0 Å². The van der Waals surface area contributed by atoms with Crippen LogP contribution in [0.25, 0.3) is 0 Å². The Morgan fingerprint density at radius 2 is 1.25 bits per heavy atom. The van der Waals surface area contributed by atoms with Crippen LogP contribution in [-0.2, 0) is 0 Å². The van der Waals surface area contributed by atoms with Gasteiger partial charge in [0.2, 0.25) is 0 Å². The number of alkyl halides is 2. The highest BCUT2D eigenvalue weighted by molar-refractivity contribution is 6.40. The Balaban J connectivity index is 0. The van der Waals surface area contributed by atoms with Crippen LogP contribution in [-0.4, -0.2) is 13.8 Å². The summed E-state index contributed by atoms with van der Waals surface area (Å²) >= 11 is 9.53. The molecular formula is CH5BCl2. The van der Waals surface area contributed by atoms with E-state index in [1.165, 1.54) is 0 Å². The second-order valence-corrected chi connectivity index (χ2v) is 0.909. The Bertz CT molecular complexity index is 6.00. The summed E-state index contributed by atoms with van der Waals surface area (Å²) in [5, 5.41) is 0.194. The molecule has 0 aromatic carbocycles. The Labute approximate surface area is 37.7 Å². The van der Waals surface area contributed by atoms with Gasteiger partial charge in [0, 0.05) is 0 Å². The summed E-state index contributed by atoms with van der Waals surface area (Å²) < 4.78 is 0. The maximum atomic E-state index is 4.76. The van der Waals surface area contributed by atoms with Crippen LogP contribution < -0.4 is 0 Å². The summed E-state index contributed by atoms with van der Waals surface area (Å²) in [5.41, 5.74) is 0. The maximum Gasteiger partial charge on any atom is 0.0967 e. The minimum atomic E-state index is 0. The first-order valence-electron chi connectivity index (χ1n) is 0.535. The van der Waals surface area contributed by atoms with Crippen molar-refractivity contribution < 1.29 is 0 Å². The van der Waals surface area contributed by atoms with Gasteiger partial charge in [0.05, 0.1) is 13.8 Å². The van der Waals surface area contributed by atoms with Gasteiger partial charge in [-0.2, -0.15) is 0 Å².